The first-order valence-electron chi connectivity index (χ1n) is 10.3. The molecule has 0 N–H and O–H groups in total. The second-order valence-electron chi connectivity index (χ2n) is 8.33. The number of hydrogen-bond donors (Lipinski definition) is 0. The lowest BCUT2D eigenvalue weighted by Crippen LogP contribution is -2.39. The van der Waals surface area contributed by atoms with Gasteiger partial charge in [0, 0.05) is 32.2 Å². The molecule has 0 spiro atoms. The number of ether oxygens (including phenoxy) is 1. The van der Waals surface area contributed by atoms with Crippen LogP contribution in [0, 0.1) is 22.0 Å². The molecule has 0 saturated carbocycles. The Morgan fingerprint density at radius 3 is 2.41 bits per heavy atom. The topological polar surface area (TPSA) is 93.0 Å². The average molecular weight is 403 g/mol. The number of carbonyl (C=O) groups excluding carboxylic acids is 2. The zero-order valence-electron chi connectivity index (χ0n) is 17.1. The van der Waals surface area contributed by atoms with E-state index in [1.54, 1.807) is 17.0 Å². The lowest BCUT2D eigenvalue weighted by molar-refractivity contribution is -0.384. The number of anilines is 1. The van der Waals surface area contributed by atoms with E-state index in [0.29, 0.717) is 30.6 Å². The summed E-state index contributed by atoms with van der Waals surface area (Å²) in [5.41, 5.74) is 0.502. The summed E-state index contributed by atoms with van der Waals surface area (Å²) >= 11 is 0. The highest BCUT2D eigenvalue weighted by Crippen LogP contribution is 2.34. The van der Waals surface area contributed by atoms with Gasteiger partial charge in [-0.1, -0.05) is 13.8 Å². The van der Waals surface area contributed by atoms with Gasteiger partial charge < -0.3 is 14.5 Å². The highest BCUT2D eigenvalue weighted by Gasteiger charge is 2.28. The van der Waals surface area contributed by atoms with Gasteiger partial charge in [-0.15, -0.1) is 0 Å². The molecule has 1 aromatic rings. The third kappa shape index (κ3) is 5.25. The Bertz CT molecular complexity index is 766. The third-order valence-electron chi connectivity index (χ3n) is 5.65. The van der Waals surface area contributed by atoms with Gasteiger partial charge in [-0.25, -0.2) is 4.79 Å². The Morgan fingerprint density at radius 2 is 1.79 bits per heavy atom. The van der Waals surface area contributed by atoms with Gasteiger partial charge in [0.05, 0.1) is 10.5 Å². The molecular weight excluding hydrogens is 374 g/mol. The highest BCUT2D eigenvalue weighted by molar-refractivity contribution is 5.93. The van der Waals surface area contributed by atoms with Gasteiger partial charge in [0.15, 0.2) is 6.61 Å². The van der Waals surface area contributed by atoms with Gasteiger partial charge in [-0.2, -0.15) is 0 Å². The van der Waals surface area contributed by atoms with Gasteiger partial charge >= 0.3 is 5.97 Å². The van der Waals surface area contributed by atoms with E-state index < -0.39 is 10.9 Å². The Kier molecular flexibility index (Phi) is 6.71. The molecule has 8 nitrogen and oxygen atoms in total. The summed E-state index contributed by atoms with van der Waals surface area (Å²) in [6.45, 7) is 6.81. The number of carbonyl (C=O) groups is 2. The van der Waals surface area contributed by atoms with Gasteiger partial charge in [-0.05, 0) is 49.7 Å². The largest absolute Gasteiger partial charge is 0.452 e. The van der Waals surface area contributed by atoms with Crippen LogP contribution in [0.2, 0.25) is 0 Å². The minimum Gasteiger partial charge on any atom is -0.452 e. The molecule has 1 aromatic carbocycles. The number of nitrogens with zero attached hydrogens (tertiary/aromatic N) is 3. The van der Waals surface area contributed by atoms with E-state index in [2.05, 4.69) is 13.8 Å². The fraction of sp³-hybridized carbons (Fsp3) is 0.619. The average Bonchev–Trinajstić information content (AvgIpc) is 2.71. The van der Waals surface area contributed by atoms with Crippen LogP contribution in [0.3, 0.4) is 0 Å². The van der Waals surface area contributed by atoms with Crippen molar-refractivity contribution in [2.24, 2.45) is 11.8 Å². The quantitative estimate of drug-likeness (QED) is 0.426. The van der Waals surface area contributed by atoms with Crippen molar-refractivity contribution < 1.29 is 19.2 Å². The first kappa shape index (κ1) is 21.1. The standard InChI is InChI=1S/C21H29N3O5/c1-15-10-16(2)13-23(12-15)18-7-6-17(11-19(18)24(27)28)21(26)29-14-20(25)22-8-4-3-5-9-22/h6-7,11,15-16H,3-5,8-10,12-14H2,1-2H3/t15-,16+. The summed E-state index contributed by atoms with van der Waals surface area (Å²) in [5, 5.41) is 11.6. The van der Waals surface area contributed by atoms with E-state index in [1.165, 1.54) is 6.07 Å². The first-order valence-corrected chi connectivity index (χ1v) is 10.3. The van der Waals surface area contributed by atoms with Crippen LogP contribution in [0.1, 0.15) is 49.9 Å². The fourth-order valence-electron chi connectivity index (χ4n) is 4.37. The Labute approximate surface area is 171 Å². The lowest BCUT2D eigenvalue weighted by Gasteiger charge is -2.36. The number of amides is 1. The van der Waals surface area contributed by atoms with Crippen LogP contribution in [0.4, 0.5) is 11.4 Å². The van der Waals surface area contributed by atoms with Crippen molar-refractivity contribution in [1.82, 2.24) is 4.90 Å². The molecule has 2 heterocycles. The highest BCUT2D eigenvalue weighted by atomic mass is 16.6. The minimum atomic E-state index is -0.717. The van der Waals surface area contributed by atoms with Crippen LogP contribution in [0.15, 0.2) is 18.2 Å². The smallest absolute Gasteiger partial charge is 0.338 e. The summed E-state index contributed by atoms with van der Waals surface area (Å²) in [6, 6.07) is 4.42. The Balaban J connectivity index is 1.69. The van der Waals surface area contributed by atoms with Crippen molar-refractivity contribution in [2.45, 2.75) is 39.5 Å². The second kappa shape index (κ2) is 9.24. The summed E-state index contributed by atoms with van der Waals surface area (Å²) in [6.07, 6.45) is 4.12. The molecule has 1 amide bonds. The van der Waals surface area contributed by atoms with Gasteiger partial charge in [0.25, 0.3) is 11.6 Å². The molecule has 2 atom stereocenters. The predicted octanol–water partition coefficient (Wildman–Crippen LogP) is 3.25. The number of esters is 1. The molecular formula is C21H29N3O5. The van der Waals surface area contributed by atoms with E-state index in [4.69, 9.17) is 4.74 Å². The zero-order valence-corrected chi connectivity index (χ0v) is 17.1. The number of benzene rings is 1. The number of piperidine rings is 2. The van der Waals surface area contributed by atoms with E-state index in [9.17, 15) is 19.7 Å². The summed E-state index contributed by atoms with van der Waals surface area (Å²) in [7, 11) is 0. The number of nitro benzene ring substituents is 1. The van der Waals surface area contributed by atoms with E-state index in [0.717, 1.165) is 38.8 Å². The van der Waals surface area contributed by atoms with Crippen LogP contribution in [0.5, 0.6) is 0 Å². The molecule has 2 aliphatic heterocycles. The van der Waals surface area contributed by atoms with E-state index in [1.807, 2.05) is 4.90 Å². The third-order valence-corrected chi connectivity index (χ3v) is 5.65. The molecule has 8 heteroatoms. The molecule has 0 aliphatic carbocycles. The van der Waals surface area contributed by atoms with Crippen LogP contribution in [-0.4, -0.2) is 54.5 Å². The molecule has 0 bridgehead atoms. The maximum Gasteiger partial charge on any atom is 0.338 e. The number of hydrogen-bond acceptors (Lipinski definition) is 6. The fourth-order valence-corrected chi connectivity index (χ4v) is 4.37. The van der Waals surface area contributed by atoms with Crippen molar-refractivity contribution in [2.75, 3.05) is 37.7 Å². The molecule has 3 rings (SSSR count). The van der Waals surface area contributed by atoms with Crippen LogP contribution in [0.25, 0.3) is 0 Å². The summed E-state index contributed by atoms with van der Waals surface area (Å²) in [5.74, 6) is -0.0431. The molecule has 2 saturated heterocycles. The van der Waals surface area contributed by atoms with Crippen molar-refractivity contribution in [3.8, 4) is 0 Å². The monoisotopic (exact) mass is 403 g/mol. The molecule has 0 aromatic heterocycles. The Morgan fingerprint density at radius 1 is 1.14 bits per heavy atom. The van der Waals surface area contributed by atoms with E-state index in [-0.39, 0.29) is 23.8 Å². The minimum absolute atomic E-state index is 0.0880. The normalized spacial score (nSPS) is 22.3. The summed E-state index contributed by atoms with van der Waals surface area (Å²) < 4.78 is 5.13. The van der Waals surface area contributed by atoms with Crippen molar-refractivity contribution in [3.63, 3.8) is 0 Å². The molecule has 0 unspecified atom stereocenters. The van der Waals surface area contributed by atoms with Gasteiger partial charge in [0.2, 0.25) is 0 Å². The molecule has 29 heavy (non-hydrogen) atoms. The number of likely N-dealkylation sites (tertiary alicyclic amines) is 1. The predicted molar refractivity (Wildman–Crippen MR) is 109 cm³/mol. The van der Waals surface area contributed by atoms with Crippen molar-refractivity contribution >= 4 is 23.3 Å². The van der Waals surface area contributed by atoms with Crippen LogP contribution < -0.4 is 4.90 Å². The zero-order chi connectivity index (χ0) is 21.0. The summed E-state index contributed by atoms with van der Waals surface area (Å²) in [4.78, 5) is 39.4. The molecule has 2 aliphatic rings. The SMILES string of the molecule is C[C@@H]1C[C@H](C)CN(c2ccc(C(=O)OCC(=O)N3CCCCC3)cc2[N+](=O)[O-])C1. The lowest BCUT2D eigenvalue weighted by atomic mass is 9.91. The van der Waals surface area contributed by atoms with E-state index >= 15 is 0 Å². The first-order chi connectivity index (χ1) is 13.8. The van der Waals surface area contributed by atoms with Crippen LogP contribution >= 0.6 is 0 Å². The maximum atomic E-state index is 12.4. The van der Waals surface area contributed by atoms with Crippen LogP contribution in [-0.2, 0) is 9.53 Å². The van der Waals surface area contributed by atoms with Gasteiger partial charge in [-0.3, -0.25) is 14.9 Å². The van der Waals surface area contributed by atoms with Crippen molar-refractivity contribution in [1.29, 1.82) is 0 Å². The second-order valence-corrected chi connectivity index (χ2v) is 8.33. The number of rotatable bonds is 5. The van der Waals surface area contributed by atoms with Gasteiger partial charge in [0.1, 0.15) is 5.69 Å². The molecule has 2 fully saturated rings. The maximum absolute atomic E-state index is 12.4. The molecule has 0 radical (unpaired) electrons. The Hall–Kier alpha value is -2.64. The van der Waals surface area contributed by atoms with Crippen molar-refractivity contribution in [3.05, 3.63) is 33.9 Å². The molecule has 158 valence electrons. The number of nitro groups is 1.